The summed E-state index contributed by atoms with van der Waals surface area (Å²) in [6.07, 6.45) is 0.275. The first-order valence-corrected chi connectivity index (χ1v) is 5.35. The minimum atomic E-state index is 0.275. The average Bonchev–Trinajstić information content (AvgIpc) is 2.26. The molecule has 0 unspecified atom stereocenters. The molecule has 1 heterocycles. The minimum Gasteiger partial charge on any atom is -0.376 e. The predicted molar refractivity (Wildman–Crippen MR) is 61.8 cm³/mol. The maximum absolute atomic E-state index is 5.60. The van der Waals surface area contributed by atoms with Gasteiger partial charge < -0.3 is 15.2 Å². The van der Waals surface area contributed by atoms with Crippen molar-refractivity contribution in [3.05, 3.63) is 35.4 Å². The van der Waals surface area contributed by atoms with E-state index in [1.807, 2.05) is 24.3 Å². The summed E-state index contributed by atoms with van der Waals surface area (Å²) in [5.74, 6) is 5.81. The number of rotatable bonds is 3. The van der Waals surface area contributed by atoms with Crippen LogP contribution in [0.3, 0.4) is 0 Å². The van der Waals surface area contributed by atoms with E-state index in [0.29, 0.717) is 13.2 Å². The minimum absolute atomic E-state index is 0.275. The van der Waals surface area contributed by atoms with Crippen molar-refractivity contribution in [2.75, 3.05) is 19.8 Å². The van der Waals surface area contributed by atoms with E-state index >= 15 is 0 Å². The molecule has 1 aromatic rings. The lowest BCUT2D eigenvalue weighted by molar-refractivity contribution is -0.135. The number of ether oxygens (including phenoxy) is 2. The van der Waals surface area contributed by atoms with Gasteiger partial charge in [0.25, 0.3) is 0 Å². The lowest BCUT2D eigenvalue weighted by Gasteiger charge is -2.25. The van der Waals surface area contributed by atoms with E-state index in [0.717, 1.165) is 24.3 Å². The SMILES string of the molecule is NCC#Cc1ccc(COC2COC2)cc1. The van der Waals surface area contributed by atoms with Gasteiger partial charge in [0.05, 0.1) is 26.4 Å². The number of hydrogen-bond donors (Lipinski definition) is 1. The Morgan fingerprint density at radius 3 is 2.62 bits per heavy atom. The summed E-state index contributed by atoms with van der Waals surface area (Å²) in [5, 5.41) is 0. The van der Waals surface area contributed by atoms with Crippen LogP contribution in [0.5, 0.6) is 0 Å². The second-order valence-corrected chi connectivity index (χ2v) is 3.67. The van der Waals surface area contributed by atoms with Crippen LogP contribution < -0.4 is 5.73 Å². The van der Waals surface area contributed by atoms with Crippen LogP contribution in [0.4, 0.5) is 0 Å². The third kappa shape index (κ3) is 3.07. The molecule has 1 saturated heterocycles. The quantitative estimate of drug-likeness (QED) is 0.765. The summed E-state index contributed by atoms with van der Waals surface area (Å²) >= 11 is 0. The molecule has 3 nitrogen and oxygen atoms in total. The maximum atomic E-state index is 5.60. The van der Waals surface area contributed by atoms with Crippen LogP contribution in [0.25, 0.3) is 0 Å². The zero-order valence-corrected chi connectivity index (χ0v) is 9.11. The summed E-state index contributed by atoms with van der Waals surface area (Å²) in [6.45, 7) is 2.48. The van der Waals surface area contributed by atoms with Crippen molar-refractivity contribution in [1.82, 2.24) is 0 Å². The zero-order valence-electron chi connectivity index (χ0n) is 9.11. The van der Waals surface area contributed by atoms with Crippen molar-refractivity contribution in [1.29, 1.82) is 0 Å². The molecule has 3 heteroatoms. The second kappa shape index (κ2) is 5.66. The molecule has 0 aromatic heterocycles. The molecule has 0 bridgehead atoms. The first-order valence-electron chi connectivity index (χ1n) is 5.35. The molecule has 1 aromatic carbocycles. The molecule has 0 radical (unpaired) electrons. The van der Waals surface area contributed by atoms with Crippen LogP contribution in [0.1, 0.15) is 11.1 Å². The van der Waals surface area contributed by atoms with Gasteiger partial charge in [0.15, 0.2) is 0 Å². The Morgan fingerprint density at radius 1 is 1.31 bits per heavy atom. The number of hydrogen-bond acceptors (Lipinski definition) is 3. The molecule has 16 heavy (non-hydrogen) atoms. The average molecular weight is 217 g/mol. The molecule has 84 valence electrons. The molecular formula is C13H15NO2. The topological polar surface area (TPSA) is 44.5 Å². The lowest BCUT2D eigenvalue weighted by Crippen LogP contribution is -2.35. The lowest BCUT2D eigenvalue weighted by atomic mass is 10.1. The Labute approximate surface area is 95.5 Å². The van der Waals surface area contributed by atoms with Gasteiger partial charge in [-0.05, 0) is 17.7 Å². The molecule has 0 amide bonds. The van der Waals surface area contributed by atoms with Crippen molar-refractivity contribution in [3.8, 4) is 11.8 Å². The van der Waals surface area contributed by atoms with Gasteiger partial charge in [-0.15, -0.1) is 0 Å². The highest BCUT2D eigenvalue weighted by atomic mass is 16.6. The van der Waals surface area contributed by atoms with Crippen molar-refractivity contribution < 1.29 is 9.47 Å². The molecule has 0 saturated carbocycles. The Hall–Kier alpha value is -1.34. The van der Waals surface area contributed by atoms with E-state index in [9.17, 15) is 0 Å². The molecule has 1 aliphatic heterocycles. The molecule has 2 rings (SSSR count). The van der Waals surface area contributed by atoms with Gasteiger partial charge in [0, 0.05) is 5.56 Å². The van der Waals surface area contributed by atoms with Crippen LogP contribution in [0.15, 0.2) is 24.3 Å². The Morgan fingerprint density at radius 2 is 2.06 bits per heavy atom. The Kier molecular flexibility index (Phi) is 3.95. The van der Waals surface area contributed by atoms with Gasteiger partial charge in [0.2, 0.25) is 0 Å². The third-order valence-electron chi connectivity index (χ3n) is 2.38. The van der Waals surface area contributed by atoms with Crippen LogP contribution in [-0.2, 0) is 16.1 Å². The van der Waals surface area contributed by atoms with Gasteiger partial charge in [-0.1, -0.05) is 24.0 Å². The molecule has 0 spiro atoms. The van der Waals surface area contributed by atoms with E-state index in [-0.39, 0.29) is 6.10 Å². The van der Waals surface area contributed by atoms with Crippen molar-refractivity contribution in [3.63, 3.8) is 0 Å². The molecule has 2 N–H and O–H groups in total. The van der Waals surface area contributed by atoms with E-state index in [4.69, 9.17) is 15.2 Å². The molecule has 0 atom stereocenters. The van der Waals surface area contributed by atoms with Crippen LogP contribution in [-0.4, -0.2) is 25.9 Å². The van der Waals surface area contributed by atoms with Gasteiger partial charge in [-0.2, -0.15) is 0 Å². The van der Waals surface area contributed by atoms with Crippen molar-refractivity contribution >= 4 is 0 Å². The molecular weight excluding hydrogens is 202 g/mol. The predicted octanol–water partition coefficient (Wildman–Crippen LogP) is 0.912. The monoisotopic (exact) mass is 217 g/mol. The van der Waals surface area contributed by atoms with Crippen molar-refractivity contribution in [2.24, 2.45) is 5.73 Å². The summed E-state index contributed by atoms with van der Waals surface area (Å²) in [7, 11) is 0. The first kappa shape index (κ1) is 11.2. The van der Waals surface area contributed by atoms with Gasteiger partial charge in [0.1, 0.15) is 6.10 Å². The highest BCUT2D eigenvalue weighted by Crippen LogP contribution is 2.10. The highest BCUT2D eigenvalue weighted by molar-refractivity contribution is 5.36. The second-order valence-electron chi connectivity index (χ2n) is 3.67. The normalized spacial score (nSPS) is 15.1. The van der Waals surface area contributed by atoms with Gasteiger partial charge >= 0.3 is 0 Å². The summed E-state index contributed by atoms with van der Waals surface area (Å²) in [5.41, 5.74) is 7.45. The standard InChI is InChI=1S/C13H15NO2/c14-7-1-2-11-3-5-12(6-4-11)8-16-13-9-15-10-13/h3-6,13H,7-10,14H2. The fourth-order valence-electron chi connectivity index (χ4n) is 1.36. The van der Waals surface area contributed by atoms with Crippen LogP contribution in [0.2, 0.25) is 0 Å². The van der Waals surface area contributed by atoms with Gasteiger partial charge in [-0.3, -0.25) is 0 Å². The van der Waals surface area contributed by atoms with E-state index < -0.39 is 0 Å². The fourth-order valence-corrected chi connectivity index (χ4v) is 1.36. The highest BCUT2D eigenvalue weighted by Gasteiger charge is 2.18. The van der Waals surface area contributed by atoms with Crippen LogP contribution >= 0.6 is 0 Å². The van der Waals surface area contributed by atoms with Crippen molar-refractivity contribution in [2.45, 2.75) is 12.7 Å². The summed E-state index contributed by atoms with van der Waals surface area (Å²) < 4.78 is 10.6. The summed E-state index contributed by atoms with van der Waals surface area (Å²) in [6, 6.07) is 8.03. The zero-order chi connectivity index (χ0) is 11.2. The van der Waals surface area contributed by atoms with E-state index in [2.05, 4.69) is 11.8 Å². The first-order chi connectivity index (χ1) is 7.88. The maximum Gasteiger partial charge on any atom is 0.105 e. The van der Waals surface area contributed by atoms with E-state index in [1.165, 1.54) is 0 Å². The largest absolute Gasteiger partial charge is 0.376 e. The van der Waals surface area contributed by atoms with Crippen LogP contribution in [0, 0.1) is 11.8 Å². The van der Waals surface area contributed by atoms with Gasteiger partial charge in [-0.25, -0.2) is 0 Å². The smallest absolute Gasteiger partial charge is 0.105 e. The summed E-state index contributed by atoms with van der Waals surface area (Å²) in [4.78, 5) is 0. The number of nitrogens with two attached hydrogens (primary N) is 1. The number of benzene rings is 1. The van der Waals surface area contributed by atoms with E-state index in [1.54, 1.807) is 0 Å². The molecule has 0 aliphatic carbocycles. The molecule has 1 fully saturated rings. The third-order valence-corrected chi connectivity index (χ3v) is 2.38. The fraction of sp³-hybridized carbons (Fsp3) is 0.385. The molecule has 1 aliphatic rings. The Bertz CT molecular complexity index is 385. The Balaban J connectivity index is 1.85.